The average molecular weight is 344 g/mol. The molecule has 0 spiro atoms. The summed E-state index contributed by atoms with van der Waals surface area (Å²) in [6.45, 7) is 0.681. The molecule has 0 bridgehead atoms. The summed E-state index contributed by atoms with van der Waals surface area (Å²) in [4.78, 5) is 17.6. The van der Waals surface area contributed by atoms with Crippen molar-refractivity contribution in [2.45, 2.75) is 6.54 Å². The molecule has 0 aliphatic carbocycles. The third-order valence-corrected chi connectivity index (χ3v) is 5.07. The Kier molecular flexibility index (Phi) is 4.27. The second-order valence-corrected chi connectivity index (χ2v) is 6.82. The van der Waals surface area contributed by atoms with Crippen molar-refractivity contribution in [1.82, 2.24) is 4.57 Å². The van der Waals surface area contributed by atoms with Crippen molar-refractivity contribution in [3.8, 4) is 0 Å². The minimum Gasteiger partial charge on any atom is -0.328 e. The van der Waals surface area contributed by atoms with Crippen LogP contribution in [-0.2, 0) is 6.54 Å². The molecular formula is C21H16N2OS. The van der Waals surface area contributed by atoms with E-state index in [0.29, 0.717) is 16.9 Å². The number of carbonyl (C=O) groups excluding carboxylic acids is 1. The van der Waals surface area contributed by atoms with E-state index in [4.69, 9.17) is 0 Å². The number of hydrogen-bond donors (Lipinski definition) is 0. The molecule has 2 aromatic carbocycles. The summed E-state index contributed by atoms with van der Waals surface area (Å²) < 4.78 is 3.09. The van der Waals surface area contributed by atoms with Crippen molar-refractivity contribution in [3.63, 3.8) is 0 Å². The fourth-order valence-electron chi connectivity index (χ4n) is 2.73. The summed E-state index contributed by atoms with van der Waals surface area (Å²) in [6, 6.07) is 25.8. The number of aromatic nitrogens is 1. The Hall–Kier alpha value is -2.98. The van der Waals surface area contributed by atoms with E-state index in [9.17, 15) is 4.79 Å². The molecule has 0 radical (unpaired) electrons. The van der Waals surface area contributed by atoms with Crippen LogP contribution in [0.4, 0.5) is 0 Å². The summed E-state index contributed by atoms with van der Waals surface area (Å²) in [5.41, 5.74) is 1.83. The Bertz CT molecular complexity index is 1060. The van der Waals surface area contributed by atoms with Crippen molar-refractivity contribution in [2.75, 3.05) is 0 Å². The normalized spacial score (nSPS) is 11.8. The highest BCUT2D eigenvalue weighted by molar-refractivity contribution is 7.20. The van der Waals surface area contributed by atoms with Crippen molar-refractivity contribution in [3.05, 3.63) is 101 Å². The van der Waals surface area contributed by atoms with Crippen molar-refractivity contribution >= 4 is 27.3 Å². The third-order valence-electron chi connectivity index (χ3n) is 3.96. The molecule has 0 fully saturated rings. The Balaban J connectivity index is 1.70. The first kappa shape index (κ1) is 15.5. The molecule has 4 heteroatoms. The molecule has 25 heavy (non-hydrogen) atoms. The van der Waals surface area contributed by atoms with E-state index >= 15 is 0 Å². The van der Waals surface area contributed by atoms with Crippen LogP contribution in [0.5, 0.6) is 0 Å². The highest BCUT2D eigenvalue weighted by atomic mass is 32.1. The fourth-order valence-corrected chi connectivity index (χ4v) is 3.68. The Morgan fingerprint density at radius 3 is 2.52 bits per heavy atom. The van der Waals surface area contributed by atoms with Crippen LogP contribution in [0.2, 0.25) is 0 Å². The maximum Gasteiger partial charge on any atom is 0.289 e. The summed E-state index contributed by atoms with van der Waals surface area (Å²) in [6.07, 6.45) is 1.95. The van der Waals surface area contributed by atoms with Gasteiger partial charge in [0.2, 0.25) is 0 Å². The maximum atomic E-state index is 12.6. The smallest absolute Gasteiger partial charge is 0.289 e. The van der Waals surface area contributed by atoms with Gasteiger partial charge in [0.1, 0.15) is 5.49 Å². The average Bonchev–Trinajstić information content (AvgIpc) is 3.09. The number of hydrogen-bond acceptors (Lipinski definition) is 2. The van der Waals surface area contributed by atoms with E-state index in [-0.39, 0.29) is 5.91 Å². The largest absolute Gasteiger partial charge is 0.328 e. The van der Waals surface area contributed by atoms with Gasteiger partial charge in [-0.15, -0.1) is 11.3 Å². The number of amides is 1. The van der Waals surface area contributed by atoms with E-state index in [1.807, 2.05) is 77.5 Å². The monoisotopic (exact) mass is 344 g/mol. The topological polar surface area (TPSA) is 34.4 Å². The zero-order valence-corrected chi connectivity index (χ0v) is 14.3. The van der Waals surface area contributed by atoms with Gasteiger partial charge in [-0.3, -0.25) is 4.79 Å². The van der Waals surface area contributed by atoms with E-state index < -0.39 is 0 Å². The summed E-state index contributed by atoms with van der Waals surface area (Å²) in [7, 11) is 0. The molecular weight excluding hydrogens is 328 g/mol. The molecule has 1 amide bonds. The lowest BCUT2D eigenvalue weighted by atomic mass is 10.2. The molecule has 0 aliphatic rings. The minimum atomic E-state index is -0.200. The van der Waals surface area contributed by atoms with Crippen LogP contribution < -0.4 is 5.49 Å². The van der Waals surface area contributed by atoms with Gasteiger partial charge in [-0.25, -0.2) is 0 Å². The minimum absolute atomic E-state index is 0.200. The zero-order valence-electron chi connectivity index (χ0n) is 13.5. The fraction of sp³-hybridized carbons (Fsp3) is 0.0476. The van der Waals surface area contributed by atoms with Gasteiger partial charge in [-0.1, -0.05) is 54.6 Å². The molecule has 0 saturated heterocycles. The van der Waals surface area contributed by atoms with Crippen LogP contribution in [0.3, 0.4) is 0 Å². The van der Waals surface area contributed by atoms with E-state index in [1.165, 1.54) is 16.9 Å². The second-order valence-electron chi connectivity index (χ2n) is 5.74. The van der Waals surface area contributed by atoms with Crippen molar-refractivity contribution in [1.29, 1.82) is 0 Å². The van der Waals surface area contributed by atoms with Gasteiger partial charge in [0.25, 0.3) is 5.91 Å². The molecule has 122 valence electrons. The Morgan fingerprint density at radius 1 is 0.920 bits per heavy atom. The molecule has 3 nitrogen and oxygen atoms in total. The van der Waals surface area contributed by atoms with Gasteiger partial charge in [-0.05, 0) is 35.2 Å². The number of thiophene rings is 1. The zero-order chi connectivity index (χ0) is 17.1. The molecule has 4 aromatic rings. The first-order valence-electron chi connectivity index (χ1n) is 8.07. The molecule has 2 heterocycles. The first-order valence-corrected chi connectivity index (χ1v) is 8.88. The van der Waals surface area contributed by atoms with Crippen molar-refractivity contribution in [2.24, 2.45) is 4.99 Å². The van der Waals surface area contributed by atoms with Crippen LogP contribution in [0.1, 0.15) is 15.2 Å². The number of pyridine rings is 1. The SMILES string of the molecule is O=C(N=c1ccccn1Cc1ccccc1)c1cc2ccccc2s1. The summed E-state index contributed by atoms with van der Waals surface area (Å²) >= 11 is 1.48. The standard InChI is InChI=1S/C21H16N2OS/c24-21(19-14-17-10-4-5-11-18(17)25-19)22-20-12-6-7-13-23(20)15-16-8-2-1-3-9-16/h1-14H,15H2. The first-order chi connectivity index (χ1) is 12.3. The van der Waals surface area contributed by atoms with Crippen LogP contribution >= 0.6 is 11.3 Å². The van der Waals surface area contributed by atoms with Crippen LogP contribution in [0.15, 0.2) is 90.1 Å². The van der Waals surface area contributed by atoms with E-state index in [2.05, 4.69) is 17.1 Å². The second kappa shape index (κ2) is 6.87. The quantitative estimate of drug-likeness (QED) is 0.539. The van der Waals surface area contributed by atoms with Gasteiger partial charge in [0, 0.05) is 17.4 Å². The molecule has 4 rings (SSSR count). The van der Waals surface area contributed by atoms with Gasteiger partial charge >= 0.3 is 0 Å². The molecule has 0 unspecified atom stereocenters. The molecule has 0 aliphatic heterocycles. The maximum absolute atomic E-state index is 12.6. The molecule has 0 atom stereocenters. The lowest BCUT2D eigenvalue weighted by Gasteiger charge is -2.07. The molecule has 0 N–H and O–H groups in total. The third kappa shape index (κ3) is 3.44. The predicted molar refractivity (Wildman–Crippen MR) is 102 cm³/mol. The lowest BCUT2D eigenvalue weighted by molar-refractivity contribution is 0.100. The molecule has 2 aromatic heterocycles. The highest BCUT2D eigenvalue weighted by Gasteiger charge is 2.09. The van der Waals surface area contributed by atoms with Gasteiger partial charge in [0.15, 0.2) is 0 Å². The van der Waals surface area contributed by atoms with Gasteiger partial charge in [0.05, 0.1) is 4.88 Å². The summed E-state index contributed by atoms with van der Waals surface area (Å²) in [5.74, 6) is -0.200. The van der Waals surface area contributed by atoms with E-state index in [0.717, 1.165) is 10.1 Å². The lowest BCUT2D eigenvalue weighted by Crippen LogP contribution is -2.21. The van der Waals surface area contributed by atoms with Crippen LogP contribution in [0, 0.1) is 0 Å². The van der Waals surface area contributed by atoms with E-state index in [1.54, 1.807) is 0 Å². The van der Waals surface area contributed by atoms with Crippen LogP contribution in [0.25, 0.3) is 10.1 Å². The number of nitrogens with zero attached hydrogens (tertiary/aromatic N) is 2. The number of carbonyl (C=O) groups is 1. The predicted octanol–water partition coefficient (Wildman–Crippen LogP) is 4.49. The number of benzene rings is 2. The Labute approximate surface area is 149 Å². The summed E-state index contributed by atoms with van der Waals surface area (Å²) in [5, 5.41) is 1.08. The highest BCUT2D eigenvalue weighted by Crippen LogP contribution is 2.25. The van der Waals surface area contributed by atoms with Gasteiger partial charge in [-0.2, -0.15) is 4.99 Å². The Morgan fingerprint density at radius 2 is 1.68 bits per heavy atom. The molecule has 0 saturated carbocycles. The van der Waals surface area contributed by atoms with Crippen molar-refractivity contribution < 1.29 is 4.79 Å². The van der Waals surface area contributed by atoms with Crippen LogP contribution in [-0.4, -0.2) is 10.5 Å². The van der Waals surface area contributed by atoms with Gasteiger partial charge < -0.3 is 4.57 Å². The number of rotatable bonds is 3. The number of fused-ring (bicyclic) bond motifs is 1.